The number of halogens is 1. The quantitative estimate of drug-likeness (QED) is 0.843. The molecule has 0 spiro atoms. The number of thioether (sulfide) groups is 1. The Morgan fingerprint density at radius 1 is 1.36 bits per heavy atom. The van der Waals surface area contributed by atoms with Crippen LogP contribution >= 0.6 is 23.4 Å². The summed E-state index contributed by atoms with van der Waals surface area (Å²) in [4.78, 5) is 4.28. The van der Waals surface area contributed by atoms with Crippen LogP contribution in [-0.4, -0.2) is 23.3 Å². The van der Waals surface area contributed by atoms with Crippen LogP contribution in [-0.2, 0) is 0 Å². The third-order valence-electron chi connectivity index (χ3n) is 2.27. The fourth-order valence-electron chi connectivity index (χ4n) is 1.52. The Balaban J connectivity index is 1.92. The lowest BCUT2D eigenvalue weighted by Crippen LogP contribution is -2.29. The molecule has 0 unspecified atom stereocenters. The highest BCUT2D eigenvalue weighted by atomic mass is 35.5. The van der Waals surface area contributed by atoms with Crippen molar-refractivity contribution in [2.75, 3.05) is 13.1 Å². The van der Waals surface area contributed by atoms with E-state index in [4.69, 9.17) is 11.6 Å². The highest BCUT2D eigenvalue weighted by Crippen LogP contribution is 2.27. The predicted molar refractivity (Wildman–Crippen MR) is 61.0 cm³/mol. The van der Waals surface area contributed by atoms with Gasteiger partial charge in [0.15, 0.2) is 0 Å². The summed E-state index contributed by atoms with van der Waals surface area (Å²) in [6, 6.07) is 3.90. The van der Waals surface area contributed by atoms with Crippen LogP contribution in [0.3, 0.4) is 0 Å². The van der Waals surface area contributed by atoms with Crippen molar-refractivity contribution in [3.05, 3.63) is 23.4 Å². The van der Waals surface area contributed by atoms with E-state index in [0.29, 0.717) is 10.3 Å². The molecular weight excluding hydrogens is 216 g/mol. The fourth-order valence-corrected chi connectivity index (χ4v) is 2.70. The van der Waals surface area contributed by atoms with Gasteiger partial charge in [-0.1, -0.05) is 11.6 Å². The number of nitrogens with zero attached hydrogens (tertiary/aromatic N) is 1. The molecule has 0 aromatic carbocycles. The molecule has 2 rings (SSSR count). The largest absolute Gasteiger partial charge is 0.317 e. The molecule has 0 radical (unpaired) electrons. The van der Waals surface area contributed by atoms with Crippen molar-refractivity contribution in [1.82, 2.24) is 10.3 Å². The first-order valence-electron chi connectivity index (χ1n) is 4.83. The normalized spacial score (nSPS) is 18.4. The Kier molecular flexibility index (Phi) is 3.67. The molecule has 0 amide bonds. The lowest BCUT2D eigenvalue weighted by Gasteiger charge is -2.21. The third kappa shape index (κ3) is 2.87. The maximum atomic E-state index is 5.77. The third-order valence-corrected chi connectivity index (χ3v) is 3.79. The second-order valence-electron chi connectivity index (χ2n) is 3.38. The van der Waals surface area contributed by atoms with Gasteiger partial charge in [0.2, 0.25) is 0 Å². The molecule has 1 fully saturated rings. The Bertz CT molecular complexity index is 283. The van der Waals surface area contributed by atoms with Crippen LogP contribution in [0.25, 0.3) is 0 Å². The van der Waals surface area contributed by atoms with E-state index in [-0.39, 0.29) is 0 Å². The van der Waals surface area contributed by atoms with Gasteiger partial charge in [0.1, 0.15) is 0 Å². The Labute approximate surface area is 93.4 Å². The first-order valence-corrected chi connectivity index (χ1v) is 6.09. The standard InChI is InChI=1S/C10H13ClN2S/c11-8-1-2-10(13-7-8)14-9-3-5-12-6-4-9/h1-2,7,9,12H,3-6H2. The zero-order valence-corrected chi connectivity index (χ0v) is 9.44. The van der Waals surface area contributed by atoms with Crippen molar-refractivity contribution >= 4 is 23.4 Å². The fraction of sp³-hybridized carbons (Fsp3) is 0.500. The number of rotatable bonds is 2. The predicted octanol–water partition coefficient (Wildman–Crippen LogP) is 2.58. The molecule has 1 aliphatic rings. The van der Waals surface area contributed by atoms with Gasteiger partial charge in [-0.15, -0.1) is 11.8 Å². The number of nitrogens with one attached hydrogen (secondary N) is 1. The molecule has 0 aliphatic carbocycles. The average Bonchev–Trinajstić information content (AvgIpc) is 2.23. The van der Waals surface area contributed by atoms with Gasteiger partial charge < -0.3 is 5.32 Å². The average molecular weight is 229 g/mol. The molecule has 0 atom stereocenters. The molecule has 1 saturated heterocycles. The first kappa shape index (κ1) is 10.3. The SMILES string of the molecule is Clc1ccc(SC2CCNCC2)nc1. The lowest BCUT2D eigenvalue weighted by atomic mass is 10.2. The number of piperidine rings is 1. The highest BCUT2D eigenvalue weighted by Gasteiger charge is 2.14. The van der Waals surface area contributed by atoms with Crippen LogP contribution in [0.2, 0.25) is 5.02 Å². The van der Waals surface area contributed by atoms with Gasteiger partial charge in [-0.05, 0) is 38.1 Å². The van der Waals surface area contributed by atoms with E-state index in [1.807, 2.05) is 23.9 Å². The molecule has 1 aromatic heterocycles. The van der Waals surface area contributed by atoms with Crippen LogP contribution in [0, 0.1) is 0 Å². The molecule has 0 bridgehead atoms. The van der Waals surface area contributed by atoms with E-state index >= 15 is 0 Å². The van der Waals surface area contributed by atoms with Crippen LogP contribution < -0.4 is 5.32 Å². The van der Waals surface area contributed by atoms with Crippen LogP contribution in [0.4, 0.5) is 0 Å². The van der Waals surface area contributed by atoms with Crippen LogP contribution in [0.5, 0.6) is 0 Å². The summed E-state index contributed by atoms with van der Waals surface area (Å²) in [6.45, 7) is 2.26. The van der Waals surface area contributed by atoms with Gasteiger partial charge >= 0.3 is 0 Å². The molecule has 0 saturated carbocycles. The van der Waals surface area contributed by atoms with Crippen molar-refractivity contribution in [2.45, 2.75) is 23.1 Å². The van der Waals surface area contributed by atoms with E-state index in [2.05, 4.69) is 10.3 Å². The summed E-state index contributed by atoms with van der Waals surface area (Å²) in [5.74, 6) is 0. The molecule has 2 heterocycles. The first-order chi connectivity index (χ1) is 6.84. The molecule has 4 heteroatoms. The minimum Gasteiger partial charge on any atom is -0.317 e. The maximum Gasteiger partial charge on any atom is 0.0963 e. The van der Waals surface area contributed by atoms with E-state index in [1.54, 1.807) is 6.20 Å². The van der Waals surface area contributed by atoms with Gasteiger partial charge in [-0.3, -0.25) is 0 Å². The number of hydrogen-bond acceptors (Lipinski definition) is 3. The molecule has 76 valence electrons. The summed E-state index contributed by atoms with van der Waals surface area (Å²) in [5, 5.41) is 5.86. The van der Waals surface area contributed by atoms with Gasteiger partial charge in [-0.25, -0.2) is 4.98 Å². The minimum absolute atomic E-state index is 0.708. The second kappa shape index (κ2) is 5.01. The molecule has 1 aliphatic heterocycles. The summed E-state index contributed by atoms with van der Waals surface area (Å²) in [6.07, 6.45) is 4.18. The van der Waals surface area contributed by atoms with Crippen molar-refractivity contribution in [2.24, 2.45) is 0 Å². The van der Waals surface area contributed by atoms with Gasteiger partial charge in [0, 0.05) is 11.4 Å². The van der Waals surface area contributed by atoms with Crippen LogP contribution in [0.1, 0.15) is 12.8 Å². The molecule has 1 aromatic rings. The van der Waals surface area contributed by atoms with E-state index in [9.17, 15) is 0 Å². The van der Waals surface area contributed by atoms with Gasteiger partial charge in [0.05, 0.1) is 10.0 Å². The summed E-state index contributed by atoms with van der Waals surface area (Å²) >= 11 is 7.64. The minimum atomic E-state index is 0.708. The van der Waals surface area contributed by atoms with Gasteiger partial charge in [-0.2, -0.15) is 0 Å². The monoisotopic (exact) mass is 228 g/mol. The molecule has 2 nitrogen and oxygen atoms in total. The zero-order chi connectivity index (χ0) is 9.80. The Morgan fingerprint density at radius 2 is 2.14 bits per heavy atom. The Hall–Kier alpha value is -0.250. The van der Waals surface area contributed by atoms with Crippen molar-refractivity contribution in [1.29, 1.82) is 0 Å². The van der Waals surface area contributed by atoms with Crippen molar-refractivity contribution < 1.29 is 0 Å². The van der Waals surface area contributed by atoms with Crippen molar-refractivity contribution in [3.63, 3.8) is 0 Å². The van der Waals surface area contributed by atoms with Gasteiger partial charge in [0.25, 0.3) is 0 Å². The van der Waals surface area contributed by atoms with Crippen molar-refractivity contribution in [3.8, 4) is 0 Å². The summed E-state index contributed by atoms with van der Waals surface area (Å²) in [5.41, 5.74) is 0. The van der Waals surface area contributed by atoms with E-state index in [1.165, 1.54) is 12.8 Å². The number of aromatic nitrogens is 1. The second-order valence-corrected chi connectivity index (χ2v) is 5.14. The summed E-state index contributed by atoms with van der Waals surface area (Å²) < 4.78 is 0. The highest BCUT2D eigenvalue weighted by molar-refractivity contribution is 7.99. The van der Waals surface area contributed by atoms with Crippen LogP contribution in [0.15, 0.2) is 23.4 Å². The number of pyridine rings is 1. The number of hydrogen-bond donors (Lipinski definition) is 1. The zero-order valence-electron chi connectivity index (χ0n) is 7.87. The lowest BCUT2D eigenvalue weighted by molar-refractivity contribution is 0.531. The van der Waals surface area contributed by atoms with E-state index < -0.39 is 0 Å². The maximum absolute atomic E-state index is 5.77. The van der Waals surface area contributed by atoms with E-state index in [0.717, 1.165) is 18.1 Å². The summed E-state index contributed by atoms with van der Waals surface area (Å²) in [7, 11) is 0. The molecular formula is C10H13ClN2S. The molecule has 14 heavy (non-hydrogen) atoms. The Morgan fingerprint density at radius 3 is 2.79 bits per heavy atom. The smallest absolute Gasteiger partial charge is 0.0963 e. The molecule has 1 N–H and O–H groups in total. The topological polar surface area (TPSA) is 24.9 Å².